The van der Waals surface area contributed by atoms with Gasteiger partial charge in [0.2, 0.25) is 0 Å². The number of hydrogen-bond donors (Lipinski definition) is 4. The Morgan fingerprint density at radius 3 is 2.84 bits per heavy atom. The SMILES string of the molecule is NC(=NO)c1ccccc1CNCC1CCCC1O. The lowest BCUT2D eigenvalue weighted by Crippen LogP contribution is -2.28. The molecule has 0 saturated heterocycles. The molecule has 2 atom stereocenters. The van der Waals surface area contributed by atoms with Crippen molar-refractivity contribution in [2.75, 3.05) is 6.54 Å². The normalized spacial score (nSPS) is 23.7. The minimum atomic E-state index is -0.174. The smallest absolute Gasteiger partial charge is 0.170 e. The van der Waals surface area contributed by atoms with Gasteiger partial charge < -0.3 is 21.4 Å². The summed E-state index contributed by atoms with van der Waals surface area (Å²) in [6.45, 7) is 1.45. The van der Waals surface area contributed by atoms with Gasteiger partial charge >= 0.3 is 0 Å². The van der Waals surface area contributed by atoms with Crippen LogP contribution in [0.4, 0.5) is 0 Å². The molecule has 5 N–H and O–H groups in total. The van der Waals surface area contributed by atoms with E-state index in [0.29, 0.717) is 12.5 Å². The van der Waals surface area contributed by atoms with E-state index in [4.69, 9.17) is 10.9 Å². The molecule has 5 nitrogen and oxygen atoms in total. The van der Waals surface area contributed by atoms with E-state index >= 15 is 0 Å². The van der Waals surface area contributed by atoms with Crippen LogP contribution < -0.4 is 11.1 Å². The fourth-order valence-corrected chi connectivity index (χ4v) is 2.63. The zero-order valence-electron chi connectivity index (χ0n) is 10.9. The molecule has 0 aliphatic heterocycles. The number of aliphatic hydroxyl groups excluding tert-OH is 1. The van der Waals surface area contributed by atoms with Crippen LogP contribution in [0.1, 0.15) is 30.4 Å². The van der Waals surface area contributed by atoms with Gasteiger partial charge in [0.1, 0.15) is 0 Å². The Morgan fingerprint density at radius 1 is 1.37 bits per heavy atom. The van der Waals surface area contributed by atoms with Crippen molar-refractivity contribution in [3.63, 3.8) is 0 Å². The molecule has 1 fully saturated rings. The number of oxime groups is 1. The molecule has 19 heavy (non-hydrogen) atoms. The van der Waals surface area contributed by atoms with E-state index in [-0.39, 0.29) is 11.9 Å². The Morgan fingerprint density at radius 2 is 2.16 bits per heavy atom. The molecule has 1 saturated carbocycles. The van der Waals surface area contributed by atoms with Crippen LogP contribution in [-0.2, 0) is 6.54 Å². The lowest BCUT2D eigenvalue weighted by Gasteiger charge is -2.16. The third-order valence-corrected chi connectivity index (χ3v) is 3.74. The van der Waals surface area contributed by atoms with E-state index in [0.717, 1.165) is 36.9 Å². The van der Waals surface area contributed by atoms with E-state index in [1.165, 1.54) is 0 Å². The Labute approximate surface area is 113 Å². The summed E-state index contributed by atoms with van der Waals surface area (Å²) >= 11 is 0. The quantitative estimate of drug-likeness (QED) is 0.276. The topological polar surface area (TPSA) is 90.9 Å². The second-order valence-corrected chi connectivity index (χ2v) is 5.03. The van der Waals surface area contributed by atoms with E-state index in [2.05, 4.69) is 10.5 Å². The van der Waals surface area contributed by atoms with Crippen molar-refractivity contribution in [1.29, 1.82) is 0 Å². The summed E-state index contributed by atoms with van der Waals surface area (Å²) in [4.78, 5) is 0. The van der Waals surface area contributed by atoms with E-state index in [1.807, 2.05) is 24.3 Å². The Balaban J connectivity index is 1.92. The van der Waals surface area contributed by atoms with Crippen LogP contribution in [0.2, 0.25) is 0 Å². The van der Waals surface area contributed by atoms with Gasteiger partial charge in [0, 0.05) is 18.7 Å². The third-order valence-electron chi connectivity index (χ3n) is 3.74. The Kier molecular flexibility index (Phi) is 4.76. The van der Waals surface area contributed by atoms with E-state index in [9.17, 15) is 5.11 Å². The molecule has 0 spiro atoms. The minimum Gasteiger partial charge on any atom is -0.409 e. The molecule has 1 aromatic rings. The number of amidine groups is 1. The van der Waals surface area contributed by atoms with Gasteiger partial charge in [-0.2, -0.15) is 0 Å². The largest absolute Gasteiger partial charge is 0.409 e. The number of hydrogen-bond acceptors (Lipinski definition) is 4. The molecule has 1 aliphatic carbocycles. The standard InChI is InChI=1S/C14H21N3O2/c15-14(17-19)12-6-2-1-4-10(12)8-16-9-11-5-3-7-13(11)18/h1-2,4,6,11,13,16,18-19H,3,5,7-9H2,(H2,15,17). The van der Waals surface area contributed by atoms with Crippen molar-refractivity contribution in [3.05, 3.63) is 35.4 Å². The highest BCUT2D eigenvalue weighted by atomic mass is 16.4. The van der Waals surface area contributed by atoms with Crippen molar-refractivity contribution >= 4 is 5.84 Å². The highest BCUT2D eigenvalue weighted by Crippen LogP contribution is 2.24. The average molecular weight is 263 g/mol. The van der Waals surface area contributed by atoms with Gasteiger partial charge in [-0.15, -0.1) is 0 Å². The van der Waals surface area contributed by atoms with Crippen molar-refractivity contribution in [3.8, 4) is 0 Å². The van der Waals surface area contributed by atoms with E-state index in [1.54, 1.807) is 0 Å². The molecule has 1 aromatic carbocycles. The number of aliphatic hydroxyl groups is 1. The minimum absolute atomic E-state index is 0.123. The maximum absolute atomic E-state index is 9.75. The second-order valence-electron chi connectivity index (χ2n) is 5.03. The van der Waals surface area contributed by atoms with E-state index < -0.39 is 0 Å². The number of nitrogens with one attached hydrogen (secondary N) is 1. The third kappa shape index (κ3) is 3.45. The van der Waals surface area contributed by atoms with Gasteiger partial charge in [-0.1, -0.05) is 35.8 Å². The number of rotatable bonds is 5. The molecular formula is C14H21N3O2. The molecule has 2 unspecified atom stereocenters. The first kappa shape index (κ1) is 13.8. The van der Waals surface area contributed by atoms with Gasteiger partial charge in [-0.05, 0) is 24.3 Å². The number of nitrogens with two attached hydrogens (primary N) is 1. The van der Waals surface area contributed by atoms with Gasteiger partial charge in [-0.3, -0.25) is 0 Å². The first-order valence-corrected chi connectivity index (χ1v) is 6.67. The number of benzene rings is 1. The molecule has 0 radical (unpaired) electrons. The summed E-state index contributed by atoms with van der Waals surface area (Å²) in [6, 6.07) is 7.56. The van der Waals surface area contributed by atoms with Crippen LogP contribution in [0.5, 0.6) is 0 Å². The lowest BCUT2D eigenvalue weighted by molar-refractivity contribution is 0.131. The van der Waals surface area contributed by atoms with Crippen LogP contribution in [0.15, 0.2) is 29.4 Å². The predicted molar refractivity (Wildman–Crippen MR) is 74.0 cm³/mol. The molecule has 0 aromatic heterocycles. The number of nitrogens with zero attached hydrogens (tertiary/aromatic N) is 1. The van der Waals surface area contributed by atoms with Crippen molar-refractivity contribution in [2.45, 2.75) is 31.9 Å². The van der Waals surface area contributed by atoms with Gasteiger partial charge in [0.15, 0.2) is 5.84 Å². The Hall–Kier alpha value is -1.59. The zero-order chi connectivity index (χ0) is 13.7. The highest BCUT2D eigenvalue weighted by molar-refractivity contribution is 5.98. The van der Waals surface area contributed by atoms with Gasteiger partial charge in [-0.25, -0.2) is 0 Å². The maximum Gasteiger partial charge on any atom is 0.170 e. The average Bonchev–Trinajstić information content (AvgIpc) is 2.84. The molecule has 0 heterocycles. The summed E-state index contributed by atoms with van der Waals surface area (Å²) < 4.78 is 0. The fourth-order valence-electron chi connectivity index (χ4n) is 2.63. The highest BCUT2D eigenvalue weighted by Gasteiger charge is 2.24. The summed E-state index contributed by atoms with van der Waals surface area (Å²) in [6.07, 6.45) is 2.92. The lowest BCUT2D eigenvalue weighted by atomic mass is 10.0. The van der Waals surface area contributed by atoms with Crippen LogP contribution in [-0.4, -0.2) is 28.8 Å². The van der Waals surface area contributed by atoms with Crippen LogP contribution in [0.25, 0.3) is 0 Å². The fraction of sp³-hybridized carbons (Fsp3) is 0.500. The molecular weight excluding hydrogens is 242 g/mol. The Bertz CT molecular complexity index is 448. The summed E-state index contributed by atoms with van der Waals surface area (Å²) in [5.41, 5.74) is 7.37. The monoisotopic (exact) mass is 263 g/mol. The van der Waals surface area contributed by atoms with Gasteiger partial charge in [0.25, 0.3) is 0 Å². The maximum atomic E-state index is 9.75. The van der Waals surface area contributed by atoms with Crippen LogP contribution >= 0.6 is 0 Å². The van der Waals surface area contributed by atoms with Crippen LogP contribution in [0.3, 0.4) is 0 Å². The first-order valence-electron chi connectivity index (χ1n) is 6.67. The molecule has 1 aliphatic rings. The zero-order valence-corrected chi connectivity index (χ0v) is 10.9. The van der Waals surface area contributed by atoms with Gasteiger partial charge in [0.05, 0.1) is 6.10 Å². The van der Waals surface area contributed by atoms with Crippen LogP contribution in [0, 0.1) is 5.92 Å². The molecule has 5 heteroatoms. The summed E-state index contributed by atoms with van der Waals surface area (Å²) in [5.74, 6) is 0.467. The summed E-state index contributed by atoms with van der Waals surface area (Å²) in [5, 5.41) is 24.9. The molecule has 0 bridgehead atoms. The second kappa shape index (κ2) is 6.54. The van der Waals surface area contributed by atoms with Crippen molar-refractivity contribution < 1.29 is 10.3 Å². The molecule has 0 amide bonds. The van der Waals surface area contributed by atoms with Crippen molar-refractivity contribution in [2.24, 2.45) is 16.8 Å². The van der Waals surface area contributed by atoms with Crippen molar-refractivity contribution in [1.82, 2.24) is 5.32 Å². The summed E-state index contributed by atoms with van der Waals surface area (Å²) in [7, 11) is 0. The molecule has 2 rings (SSSR count). The predicted octanol–water partition coefficient (Wildman–Crippen LogP) is 1.03. The molecule has 104 valence electrons. The first-order chi connectivity index (χ1) is 9.22.